The Kier molecular flexibility index (Phi) is 4.66. The van der Waals surface area contributed by atoms with Crippen molar-refractivity contribution in [3.63, 3.8) is 0 Å². The fraction of sp³-hybridized carbons (Fsp3) is 0.188. The van der Waals surface area contributed by atoms with E-state index in [1.54, 1.807) is 12.3 Å². The predicted molar refractivity (Wildman–Crippen MR) is 93.2 cm³/mol. The fourth-order valence-electron chi connectivity index (χ4n) is 2.45. The van der Waals surface area contributed by atoms with Gasteiger partial charge in [0.05, 0.1) is 11.0 Å². The van der Waals surface area contributed by atoms with Crippen LogP contribution in [0, 0.1) is 0 Å². The summed E-state index contributed by atoms with van der Waals surface area (Å²) in [4.78, 5) is 31.4. The Morgan fingerprint density at radius 1 is 1.29 bits per heavy atom. The maximum atomic E-state index is 12.2. The number of nitrogens with one attached hydrogen (secondary N) is 3. The fourth-order valence-corrected chi connectivity index (χ4v) is 2.79. The first-order valence-electron chi connectivity index (χ1n) is 7.45. The number of amides is 2. The average molecular weight is 390 g/mol. The number of hydrogen-bond acceptors (Lipinski definition) is 3. The van der Waals surface area contributed by atoms with E-state index in [0.717, 1.165) is 21.3 Å². The molecule has 3 rings (SSSR count). The molecular weight excluding hydrogens is 374 g/mol. The molecule has 2 heterocycles. The molecule has 8 heteroatoms. The van der Waals surface area contributed by atoms with Crippen LogP contribution < -0.4 is 10.9 Å². The van der Waals surface area contributed by atoms with Crippen LogP contribution in [0.25, 0.3) is 11.0 Å². The van der Waals surface area contributed by atoms with E-state index in [1.165, 1.54) is 0 Å². The number of carbonyl (C=O) groups excluding carboxylic acids is 2. The molecule has 1 aromatic carbocycles. The quantitative estimate of drug-likeness (QED) is 0.596. The van der Waals surface area contributed by atoms with E-state index in [1.807, 2.05) is 35.8 Å². The van der Waals surface area contributed by atoms with Gasteiger partial charge in [-0.3, -0.25) is 20.4 Å². The third-order valence-corrected chi connectivity index (χ3v) is 4.02. The first kappa shape index (κ1) is 16.3. The number of aryl methyl sites for hydroxylation is 1. The topological polar surface area (TPSA) is 91.8 Å². The molecule has 0 aliphatic heterocycles. The van der Waals surface area contributed by atoms with E-state index < -0.39 is 5.91 Å². The zero-order valence-electron chi connectivity index (χ0n) is 13.0. The van der Waals surface area contributed by atoms with Gasteiger partial charge >= 0.3 is 0 Å². The van der Waals surface area contributed by atoms with Crippen LogP contribution in [0.5, 0.6) is 0 Å². The zero-order valence-corrected chi connectivity index (χ0v) is 14.6. The molecule has 2 amide bonds. The molecule has 3 aromatic rings. The van der Waals surface area contributed by atoms with Crippen LogP contribution in [-0.2, 0) is 17.8 Å². The molecule has 0 radical (unpaired) electrons. The number of H-pyrrole nitrogens is 1. The Bertz CT molecular complexity index is 899. The maximum Gasteiger partial charge on any atom is 0.286 e. The molecule has 0 aliphatic rings. The van der Waals surface area contributed by atoms with Crippen molar-refractivity contribution < 1.29 is 9.59 Å². The first-order chi connectivity index (χ1) is 11.6. The van der Waals surface area contributed by atoms with Crippen molar-refractivity contribution >= 4 is 38.8 Å². The summed E-state index contributed by atoms with van der Waals surface area (Å²) in [6, 6.07) is 9.27. The Hall–Kier alpha value is -2.61. The number of hydrogen-bond donors (Lipinski definition) is 3. The van der Waals surface area contributed by atoms with Gasteiger partial charge < -0.3 is 9.55 Å². The average Bonchev–Trinajstić information content (AvgIpc) is 3.17. The Balaban J connectivity index is 1.68. The number of nitrogens with zero attached hydrogens (tertiary/aromatic N) is 2. The molecule has 124 valence electrons. The lowest BCUT2D eigenvalue weighted by atomic mass is 10.3. The number of imidazole rings is 1. The highest BCUT2D eigenvalue weighted by Crippen LogP contribution is 2.16. The highest BCUT2D eigenvalue weighted by molar-refractivity contribution is 9.10. The van der Waals surface area contributed by atoms with Crippen molar-refractivity contribution in [2.75, 3.05) is 0 Å². The van der Waals surface area contributed by atoms with Gasteiger partial charge in [-0.05, 0) is 34.1 Å². The molecule has 24 heavy (non-hydrogen) atoms. The molecule has 7 nitrogen and oxygen atoms in total. The van der Waals surface area contributed by atoms with Gasteiger partial charge in [-0.15, -0.1) is 0 Å². The molecular formula is C16H16BrN5O2. The molecule has 3 N–H and O–H groups in total. The van der Waals surface area contributed by atoms with Gasteiger partial charge in [0.15, 0.2) is 0 Å². The summed E-state index contributed by atoms with van der Waals surface area (Å²) in [6.07, 6.45) is 2.35. The van der Waals surface area contributed by atoms with E-state index >= 15 is 0 Å². The van der Waals surface area contributed by atoms with Crippen molar-refractivity contribution in [3.05, 3.63) is 52.5 Å². The standard InChI is InChI=1S/C16H16BrN5O2/c1-2-14-19-11-5-3-4-6-13(11)22(14)9-15(23)20-21-16(24)12-7-10(17)8-18-12/h3-8,18H,2,9H2,1H3,(H,20,23)(H,21,24). The SMILES string of the molecule is CCc1nc2ccccc2n1CC(=O)NNC(=O)c1cc(Br)c[nH]1. The van der Waals surface area contributed by atoms with Gasteiger partial charge in [-0.25, -0.2) is 4.98 Å². The van der Waals surface area contributed by atoms with Gasteiger partial charge in [0, 0.05) is 17.1 Å². The van der Waals surface area contributed by atoms with Gasteiger partial charge in [0.25, 0.3) is 11.8 Å². The molecule has 0 aliphatic carbocycles. The van der Waals surface area contributed by atoms with Crippen LogP contribution in [0.15, 0.2) is 41.0 Å². The molecule has 0 saturated carbocycles. The number of aromatic amines is 1. The molecule has 0 spiro atoms. The summed E-state index contributed by atoms with van der Waals surface area (Å²) in [5.74, 6) is 0.0815. The van der Waals surface area contributed by atoms with Crippen molar-refractivity contribution in [2.45, 2.75) is 19.9 Å². The lowest BCUT2D eigenvalue weighted by Gasteiger charge is -2.09. The van der Waals surface area contributed by atoms with Crippen molar-refractivity contribution in [1.82, 2.24) is 25.4 Å². The second-order valence-corrected chi connectivity index (χ2v) is 6.11. The number of halogens is 1. The normalized spacial score (nSPS) is 10.8. The summed E-state index contributed by atoms with van der Waals surface area (Å²) < 4.78 is 2.61. The third kappa shape index (κ3) is 3.33. The number of aromatic nitrogens is 3. The lowest BCUT2D eigenvalue weighted by molar-refractivity contribution is -0.122. The number of fused-ring (bicyclic) bond motifs is 1. The number of carbonyl (C=O) groups is 2. The highest BCUT2D eigenvalue weighted by Gasteiger charge is 2.13. The van der Waals surface area contributed by atoms with Crippen molar-refractivity contribution in [2.24, 2.45) is 0 Å². The molecule has 0 bridgehead atoms. The minimum atomic E-state index is -0.416. The number of benzene rings is 1. The summed E-state index contributed by atoms with van der Waals surface area (Å²) >= 11 is 3.25. The third-order valence-electron chi connectivity index (χ3n) is 3.56. The van der Waals surface area contributed by atoms with Gasteiger partial charge in [0.2, 0.25) is 0 Å². The van der Waals surface area contributed by atoms with E-state index in [0.29, 0.717) is 12.1 Å². The molecule has 0 unspecified atom stereocenters. The van der Waals surface area contributed by atoms with Crippen LogP contribution in [0.3, 0.4) is 0 Å². The monoisotopic (exact) mass is 389 g/mol. The Morgan fingerprint density at radius 3 is 2.79 bits per heavy atom. The van der Waals surface area contributed by atoms with Gasteiger partial charge in [-0.2, -0.15) is 0 Å². The number of rotatable bonds is 4. The number of hydrazine groups is 1. The lowest BCUT2D eigenvalue weighted by Crippen LogP contribution is -2.43. The van der Waals surface area contributed by atoms with Crippen LogP contribution >= 0.6 is 15.9 Å². The van der Waals surface area contributed by atoms with Crippen molar-refractivity contribution in [1.29, 1.82) is 0 Å². The summed E-state index contributed by atoms with van der Waals surface area (Å²) in [5, 5.41) is 0. The van der Waals surface area contributed by atoms with E-state index in [2.05, 4.69) is 36.7 Å². The van der Waals surface area contributed by atoms with E-state index in [9.17, 15) is 9.59 Å². The minimum absolute atomic E-state index is 0.0817. The van der Waals surface area contributed by atoms with Gasteiger partial charge in [-0.1, -0.05) is 19.1 Å². The summed E-state index contributed by atoms with van der Waals surface area (Å²) in [7, 11) is 0. The largest absolute Gasteiger partial charge is 0.356 e. The molecule has 0 fully saturated rings. The van der Waals surface area contributed by atoms with Crippen LogP contribution in [0.1, 0.15) is 23.2 Å². The van der Waals surface area contributed by atoms with Crippen molar-refractivity contribution in [3.8, 4) is 0 Å². The highest BCUT2D eigenvalue weighted by atomic mass is 79.9. The van der Waals surface area contributed by atoms with Gasteiger partial charge in [0.1, 0.15) is 18.1 Å². The smallest absolute Gasteiger partial charge is 0.286 e. The van der Waals surface area contributed by atoms with Crippen LogP contribution in [-0.4, -0.2) is 26.3 Å². The van der Waals surface area contributed by atoms with Crippen LogP contribution in [0.2, 0.25) is 0 Å². The summed E-state index contributed by atoms with van der Waals surface area (Å²) in [5.41, 5.74) is 6.90. The second kappa shape index (κ2) is 6.88. The van der Waals surface area contributed by atoms with Crippen LogP contribution in [0.4, 0.5) is 0 Å². The first-order valence-corrected chi connectivity index (χ1v) is 8.25. The summed E-state index contributed by atoms with van der Waals surface area (Å²) in [6.45, 7) is 2.07. The molecule has 0 saturated heterocycles. The molecule has 2 aromatic heterocycles. The maximum absolute atomic E-state index is 12.2. The Labute approximate surface area is 146 Å². The van der Waals surface area contributed by atoms with E-state index in [-0.39, 0.29) is 12.5 Å². The predicted octanol–water partition coefficient (Wildman–Crippen LogP) is 2.15. The Morgan fingerprint density at radius 2 is 2.08 bits per heavy atom. The molecule has 0 atom stereocenters. The minimum Gasteiger partial charge on any atom is -0.356 e. The number of para-hydroxylation sites is 2. The zero-order chi connectivity index (χ0) is 17.1. The second-order valence-electron chi connectivity index (χ2n) is 5.19. The van der Waals surface area contributed by atoms with E-state index in [4.69, 9.17) is 0 Å².